The lowest BCUT2D eigenvalue weighted by molar-refractivity contribution is 0.242. The van der Waals surface area contributed by atoms with Crippen molar-refractivity contribution >= 4 is 33.0 Å². The molecule has 2 N–H and O–H groups in total. The van der Waals surface area contributed by atoms with Crippen molar-refractivity contribution in [3.8, 4) is 5.75 Å². The second-order valence-corrected chi connectivity index (χ2v) is 11.2. The third-order valence-corrected chi connectivity index (χ3v) is 7.98. The van der Waals surface area contributed by atoms with Crippen molar-refractivity contribution in [1.82, 2.24) is 0 Å². The Morgan fingerprint density at radius 3 is 2.47 bits per heavy atom. The molecule has 176 valence electrons. The third kappa shape index (κ3) is 4.52. The number of anilines is 2. The maximum atomic E-state index is 13.1. The summed E-state index contributed by atoms with van der Waals surface area (Å²) in [6.45, 7) is 4.03. The van der Waals surface area contributed by atoms with E-state index in [4.69, 9.17) is 16.3 Å². The summed E-state index contributed by atoms with van der Waals surface area (Å²) in [5.74, 6) is 1.32. The summed E-state index contributed by atoms with van der Waals surface area (Å²) in [7, 11) is -3.73. The molecular formula is C27H27ClN2O3S. The predicted octanol–water partition coefficient (Wildman–Crippen LogP) is 6.75. The minimum absolute atomic E-state index is 0.133. The topological polar surface area (TPSA) is 67.4 Å². The van der Waals surface area contributed by atoms with Crippen molar-refractivity contribution in [2.24, 2.45) is 5.92 Å². The zero-order valence-electron chi connectivity index (χ0n) is 19.0. The number of hydrogen-bond acceptors (Lipinski definition) is 4. The van der Waals surface area contributed by atoms with E-state index in [1.54, 1.807) is 36.4 Å². The largest absolute Gasteiger partial charge is 0.491 e. The molecule has 0 saturated carbocycles. The highest BCUT2D eigenvalue weighted by Gasteiger charge is 2.38. The van der Waals surface area contributed by atoms with E-state index in [-0.39, 0.29) is 23.0 Å². The van der Waals surface area contributed by atoms with Gasteiger partial charge in [0.2, 0.25) is 0 Å². The Kier molecular flexibility index (Phi) is 6.04. The van der Waals surface area contributed by atoms with Crippen molar-refractivity contribution in [1.29, 1.82) is 0 Å². The molecule has 0 radical (unpaired) electrons. The first kappa shape index (κ1) is 22.8. The summed E-state index contributed by atoms with van der Waals surface area (Å²) in [4.78, 5) is 0.246. The van der Waals surface area contributed by atoms with Crippen LogP contribution in [0.15, 0.2) is 83.8 Å². The van der Waals surface area contributed by atoms with Crippen molar-refractivity contribution in [3.05, 3.63) is 95.0 Å². The first-order valence-corrected chi connectivity index (χ1v) is 13.3. The van der Waals surface area contributed by atoms with E-state index in [2.05, 4.69) is 34.3 Å². The first-order chi connectivity index (χ1) is 16.3. The van der Waals surface area contributed by atoms with Crippen LogP contribution >= 0.6 is 11.6 Å². The van der Waals surface area contributed by atoms with Crippen LogP contribution in [0.2, 0.25) is 5.02 Å². The molecule has 5 rings (SSSR count). The number of halogens is 1. The monoisotopic (exact) mass is 494 g/mol. The van der Waals surface area contributed by atoms with Crippen LogP contribution < -0.4 is 14.8 Å². The molecule has 0 spiro atoms. The fourth-order valence-electron chi connectivity index (χ4n) is 4.83. The zero-order valence-corrected chi connectivity index (χ0v) is 20.6. The van der Waals surface area contributed by atoms with Gasteiger partial charge in [-0.1, -0.05) is 35.9 Å². The normalized spacial score (nSPS) is 21.0. The van der Waals surface area contributed by atoms with E-state index in [1.165, 1.54) is 5.56 Å². The van der Waals surface area contributed by atoms with E-state index in [1.807, 2.05) is 32.0 Å². The average molecular weight is 495 g/mol. The summed E-state index contributed by atoms with van der Waals surface area (Å²) in [6.07, 6.45) is 5.47. The molecule has 0 unspecified atom stereocenters. The highest BCUT2D eigenvalue weighted by molar-refractivity contribution is 7.92. The van der Waals surface area contributed by atoms with E-state index in [9.17, 15) is 8.42 Å². The summed E-state index contributed by atoms with van der Waals surface area (Å²) >= 11 is 5.92. The highest BCUT2D eigenvalue weighted by atomic mass is 35.5. The minimum Gasteiger partial charge on any atom is -0.491 e. The maximum Gasteiger partial charge on any atom is 0.261 e. The van der Waals surface area contributed by atoms with Gasteiger partial charge in [-0.25, -0.2) is 8.42 Å². The van der Waals surface area contributed by atoms with Crippen LogP contribution in [0.1, 0.15) is 43.4 Å². The van der Waals surface area contributed by atoms with E-state index < -0.39 is 10.0 Å². The molecule has 3 atom stereocenters. The maximum absolute atomic E-state index is 13.1. The molecule has 0 fully saturated rings. The Hall–Kier alpha value is -2.96. The SMILES string of the molecule is CC(C)Oc1ccc([C@H]2Nc3ccc(S(=O)(=O)Nc4ccc(Cl)cc4)cc3[C@H]3C=CC[C@H]32)cc1. The number of rotatable bonds is 6. The van der Waals surface area contributed by atoms with Gasteiger partial charge in [-0.3, -0.25) is 4.72 Å². The number of allylic oxidation sites excluding steroid dienone is 2. The molecule has 1 heterocycles. The van der Waals surface area contributed by atoms with Crippen LogP contribution in [0.25, 0.3) is 0 Å². The van der Waals surface area contributed by atoms with Crippen molar-refractivity contribution < 1.29 is 13.2 Å². The molecule has 2 aliphatic rings. The van der Waals surface area contributed by atoms with Gasteiger partial charge in [0.15, 0.2) is 0 Å². The van der Waals surface area contributed by atoms with Gasteiger partial charge in [0.05, 0.1) is 17.0 Å². The van der Waals surface area contributed by atoms with E-state index >= 15 is 0 Å². The van der Waals surface area contributed by atoms with Crippen LogP contribution in [0.5, 0.6) is 5.75 Å². The quantitative estimate of drug-likeness (QED) is 0.372. The molecule has 1 aliphatic carbocycles. The van der Waals surface area contributed by atoms with Gasteiger partial charge >= 0.3 is 0 Å². The van der Waals surface area contributed by atoms with Gasteiger partial charge in [-0.05, 0) is 91.9 Å². The van der Waals surface area contributed by atoms with Crippen molar-refractivity contribution in [3.63, 3.8) is 0 Å². The second-order valence-electron chi connectivity index (χ2n) is 9.07. The fourth-order valence-corrected chi connectivity index (χ4v) is 6.05. The Morgan fingerprint density at radius 2 is 1.76 bits per heavy atom. The van der Waals surface area contributed by atoms with Crippen LogP contribution in [0.4, 0.5) is 11.4 Å². The molecule has 0 aromatic heterocycles. The van der Waals surface area contributed by atoms with Crippen LogP contribution in [-0.4, -0.2) is 14.5 Å². The molecular weight excluding hydrogens is 468 g/mol. The van der Waals surface area contributed by atoms with Crippen molar-refractivity contribution in [2.45, 2.75) is 43.2 Å². The summed E-state index contributed by atoms with van der Waals surface area (Å²) in [5, 5.41) is 4.22. The summed E-state index contributed by atoms with van der Waals surface area (Å²) in [5.41, 5.74) is 3.64. The smallest absolute Gasteiger partial charge is 0.261 e. The number of sulfonamides is 1. The highest BCUT2D eigenvalue weighted by Crippen LogP contribution is 2.50. The lowest BCUT2D eigenvalue weighted by Crippen LogP contribution is -2.29. The van der Waals surface area contributed by atoms with Crippen LogP contribution in [0.3, 0.4) is 0 Å². The van der Waals surface area contributed by atoms with Crippen LogP contribution in [-0.2, 0) is 10.0 Å². The molecule has 5 nitrogen and oxygen atoms in total. The predicted molar refractivity (Wildman–Crippen MR) is 137 cm³/mol. The van der Waals surface area contributed by atoms with E-state index in [0.29, 0.717) is 16.6 Å². The van der Waals surface area contributed by atoms with Gasteiger partial charge in [0.25, 0.3) is 10.0 Å². The molecule has 3 aromatic carbocycles. The Balaban J connectivity index is 1.43. The molecule has 34 heavy (non-hydrogen) atoms. The molecule has 0 bridgehead atoms. The van der Waals surface area contributed by atoms with Crippen LogP contribution in [0, 0.1) is 5.92 Å². The Morgan fingerprint density at radius 1 is 1.03 bits per heavy atom. The van der Waals surface area contributed by atoms with Gasteiger partial charge in [0, 0.05) is 22.3 Å². The number of benzene rings is 3. The van der Waals surface area contributed by atoms with Gasteiger partial charge < -0.3 is 10.1 Å². The number of fused-ring (bicyclic) bond motifs is 3. The number of ether oxygens (including phenoxy) is 1. The number of hydrogen-bond donors (Lipinski definition) is 2. The Bertz CT molecular complexity index is 1320. The van der Waals surface area contributed by atoms with Gasteiger partial charge in [-0.15, -0.1) is 0 Å². The molecule has 3 aromatic rings. The zero-order chi connectivity index (χ0) is 23.9. The molecule has 7 heteroatoms. The van der Waals surface area contributed by atoms with Crippen molar-refractivity contribution in [2.75, 3.05) is 10.0 Å². The first-order valence-electron chi connectivity index (χ1n) is 11.4. The number of nitrogens with one attached hydrogen (secondary N) is 2. The fraction of sp³-hybridized carbons (Fsp3) is 0.259. The average Bonchev–Trinajstić information content (AvgIpc) is 3.30. The summed E-state index contributed by atoms with van der Waals surface area (Å²) < 4.78 is 34.6. The molecule has 0 saturated heterocycles. The lowest BCUT2D eigenvalue weighted by Gasteiger charge is -2.37. The molecule has 0 amide bonds. The molecule has 1 aliphatic heterocycles. The minimum atomic E-state index is -3.73. The second kappa shape index (κ2) is 9.01. The Labute approximate surface area is 205 Å². The standard InChI is InChI=1S/C27H27ClN2O3S/c1-17(2)33-21-12-6-18(7-13-21)27-24-5-3-4-23(24)25-16-22(14-15-26(25)29-27)34(31,32)30-20-10-8-19(28)9-11-20/h3-4,6-17,23-24,27,29-30H,5H2,1-2H3/t23-,24+,27+/m0/s1. The summed E-state index contributed by atoms with van der Waals surface area (Å²) in [6, 6.07) is 20.3. The van der Waals surface area contributed by atoms with E-state index in [0.717, 1.165) is 23.4 Å². The van der Waals surface area contributed by atoms with Gasteiger partial charge in [-0.2, -0.15) is 0 Å². The van der Waals surface area contributed by atoms with Gasteiger partial charge in [0.1, 0.15) is 5.75 Å². The lowest BCUT2D eigenvalue weighted by atomic mass is 9.77. The third-order valence-electron chi connectivity index (χ3n) is 6.35.